The Hall–Kier alpha value is -1.80. The fraction of sp³-hybridized carbons (Fsp3) is 0.500. The third-order valence-electron chi connectivity index (χ3n) is 3.72. The lowest BCUT2D eigenvalue weighted by atomic mass is 10.1. The van der Waals surface area contributed by atoms with Crippen LogP contribution >= 0.6 is 0 Å². The van der Waals surface area contributed by atoms with E-state index in [-0.39, 0.29) is 0 Å². The zero-order valence-electron chi connectivity index (χ0n) is 13.2. The van der Waals surface area contributed by atoms with Crippen LogP contribution in [0.15, 0.2) is 34.9 Å². The first kappa shape index (κ1) is 16.1. The van der Waals surface area contributed by atoms with Crippen LogP contribution in [0.1, 0.15) is 5.89 Å². The van der Waals surface area contributed by atoms with E-state index in [0.717, 1.165) is 12.1 Å². The molecule has 1 aliphatic rings. The number of aromatic nitrogens is 2. The molecule has 1 aliphatic heterocycles. The monoisotopic (exact) mass is 318 g/mol. The van der Waals surface area contributed by atoms with Crippen LogP contribution in [-0.2, 0) is 11.3 Å². The van der Waals surface area contributed by atoms with Gasteiger partial charge >= 0.3 is 0 Å². The van der Waals surface area contributed by atoms with Gasteiger partial charge in [-0.25, -0.2) is 0 Å². The predicted octanol–water partition coefficient (Wildman–Crippen LogP) is 0.519. The number of likely N-dealkylation sites (N-methyl/N-ethyl adjacent to an activating group) is 1. The fourth-order valence-corrected chi connectivity index (χ4v) is 2.69. The van der Waals surface area contributed by atoms with Gasteiger partial charge in [0.15, 0.2) is 0 Å². The zero-order chi connectivity index (χ0) is 16.1. The Kier molecular flexibility index (Phi) is 5.02. The van der Waals surface area contributed by atoms with Crippen molar-refractivity contribution in [1.29, 1.82) is 0 Å². The smallest absolute Gasteiger partial charge is 0.241 e. The van der Waals surface area contributed by atoms with Crippen LogP contribution in [0.2, 0.25) is 0 Å². The molecule has 2 aromatic rings. The van der Waals surface area contributed by atoms with E-state index in [1.165, 1.54) is 0 Å². The second-order valence-corrected chi connectivity index (χ2v) is 6.00. The summed E-state index contributed by atoms with van der Waals surface area (Å²) < 4.78 is 10.7. The molecule has 0 radical (unpaired) electrons. The van der Waals surface area contributed by atoms with Crippen LogP contribution in [-0.4, -0.2) is 65.6 Å². The molecular weight excluding hydrogens is 296 g/mol. The average Bonchev–Trinajstić information content (AvgIpc) is 2.89. The maximum Gasteiger partial charge on any atom is 0.241 e. The van der Waals surface area contributed by atoms with E-state index in [1.807, 2.05) is 42.3 Å². The Morgan fingerprint density at radius 2 is 2.17 bits per heavy atom. The second-order valence-electron chi connectivity index (χ2n) is 6.00. The minimum atomic E-state index is -0.909. The molecule has 2 heterocycles. The lowest BCUT2D eigenvalue weighted by molar-refractivity contribution is -0.0471. The molecule has 2 N–H and O–H groups in total. The highest BCUT2D eigenvalue weighted by molar-refractivity contribution is 5.53. The van der Waals surface area contributed by atoms with Crippen LogP contribution in [0, 0.1) is 0 Å². The van der Waals surface area contributed by atoms with Crippen LogP contribution < -0.4 is 5.32 Å². The van der Waals surface area contributed by atoms with Crippen molar-refractivity contribution in [2.45, 2.75) is 12.1 Å². The van der Waals surface area contributed by atoms with Crippen LogP contribution in [0.4, 0.5) is 0 Å². The third kappa shape index (κ3) is 4.35. The molecule has 1 fully saturated rings. The van der Waals surface area contributed by atoms with Gasteiger partial charge in [0, 0.05) is 25.2 Å². The van der Waals surface area contributed by atoms with Crippen molar-refractivity contribution in [3.63, 3.8) is 0 Å². The molecule has 0 spiro atoms. The summed E-state index contributed by atoms with van der Waals surface area (Å²) in [7, 11) is 1.91. The van der Waals surface area contributed by atoms with Gasteiger partial charge in [0.25, 0.3) is 0 Å². The molecule has 7 heteroatoms. The largest absolute Gasteiger partial charge is 0.385 e. The van der Waals surface area contributed by atoms with Gasteiger partial charge in [-0.15, -0.1) is 0 Å². The van der Waals surface area contributed by atoms with E-state index in [4.69, 9.17) is 9.26 Å². The SMILES string of the molecule is CN(Cc1nc(-c2ccccc2)no1)C[C@]1(O)CNCCOC1. The Balaban J connectivity index is 1.60. The van der Waals surface area contributed by atoms with Crippen molar-refractivity contribution in [2.75, 3.05) is 39.9 Å². The minimum absolute atomic E-state index is 0.323. The van der Waals surface area contributed by atoms with Gasteiger partial charge in [-0.2, -0.15) is 4.98 Å². The van der Waals surface area contributed by atoms with Crippen molar-refractivity contribution >= 4 is 0 Å². The van der Waals surface area contributed by atoms with Gasteiger partial charge in [0.05, 0.1) is 19.8 Å². The average molecular weight is 318 g/mol. The van der Waals surface area contributed by atoms with E-state index >= 15 is 0 Å². The summed E-state index contributed by atoms with van der Waals surface area (Å²) >= 11 is 0. The highest BCUT2D eigenvalue weighted by atomic mass is 16.5. The summed E-state index contributed by atoms with van der Waals surface area (Å²) in [6.07, 6.45) is 0. The van der Waals surface area contributed by atoms with Gasteiger partial charge in [-0.3, -0.25) is 4.90 Å². The van der Waals surface area contributed by atoms with Gasteiger partial charge in [-0.05, 0) is 7.05 Å². The Morgan fingerprint density at radius 3 is 3.00 bits per heavy atom. The second kappa shape index (κ2) is 7.18. The molecule has 1 saturated heterocycles. The first-order chi connectivity index (χ1) is 11.1. The molecule has 1 aromatic carbocycles. The van der Waals surface area contributed by atoms with E-state index in [2.05, 4.69) is 15.5 Å². The molecular formula is C16H22N4O3. The van der Waals surface area contributed by atoms with E-state index < -0.39 is 5.60 Å². The summed E-state index contributed by atoms with van der Waals surface area (Å²) in [6, 6.07) is 9.70. The van der Waals surface area contributed by atoms with E-state index in [9.17, 15) is 5.11 Å². The number of β-amino-alcohol motifs (C(OH)–C–C–N with tert-alkyl or cyclic N) is 1. The van der Waals surface area contributed by atoms with Gasteiger partial charge in [-0.1, -0.05) is 35.5 Å². The van der Waals surface area contributed by atoms with E-state index in [0.29, 0.717) is 44.6 Å². The molecule has 0 saturated carbocycles. The summed E-state index contributed by atoms with van der Waals surface area (Å²) in [5.74, 6) is 1.10. The highest BCUT2D eigenvalue weighted by Gasteiger charge is 2.30. The number of nitrogens with zero attached hydrogens (tertiary/aromatic N) is 3. The molecule has 0 aliphatic carbocycles. The van der Waals surface area contributed by atoms with Crippen molar-refractivity contribution in [1.82, 2.24) is 20.4 Å². The normalized spacial score (nSPS) is 22.2. The molecule has 1 aromatic heterocycles. The number of hydrogen-bond donors (Lipinski definition) is 2. The summed E-state index contributed by atoms with van der Waals surface area (Å²) in [5.41, 5.74) is 0.0122. The zero-order valence-corrected chi connectivity index (χ0v) is 13.2. The lowest BCUT2D eigenvalue weighted by Gasteiger charge is -2.30. The van der Waals surface area contributed by atoms with Crippen LogP contribution in [0.25, 0.3) is 11.4 Å². The standard InChI is InChI=1S/C16H22N4O3/c1-20(11-16(21)10-17-7-8-22-12-16)9-14-18-15(19-23-14)13-5-3-2-4-6-13/h2-6,17,21H,7-12H2,1H3/t16-/m1/s1. The van der Waals surface area contributed by atoms with Crippen molar-refractivity contribution < 1.29 is 14.4 Å². The molecule has 0 bridgehead atoms. The summed E-state index contributed by atoms with van der Waals surface area (Å²) in [4.78, 5) is 6.36. The lowest BCUT2D eigenvalue weighted by Crippen LogP contribution is -2.50. The number of aliphatic hydroxyl groups is 1. The molecule has 1 atom stereocenters. The third-order valence-corrected chi connectivity index (χ3v) is 3.72. The van der Waals surface area contributed by atoms with Gasteiger partial charge in [0.1, 0.15) is 5.60 Å². The number of benzene rings is 1. The number of hydrogen-bond acceptors (Lipinski definition) is 7. The molecule has 124 valence electrons. The first-order valence-electron chi connectivity index (χ1n) is 7.72. The van der Waals surface area contributed by atoms with Crippen LogP contribution in [0.3, 0.4) is 0 Å². The Morgan fingerprint density at radius 1 is 1.35 bits per heavy atom. The maximum absolute atomic E-state index is 10.6. The fourth-order valence-electron chi connectivity index (χ4n) is 2.69. The molecule has 23 heavy (non-hydrogen) atoms. The van der Waals surface area contributed by atoms with E-state index in [1.54, 1.807) is 0 Å². The predicted molar refractivity (Wildman–Crippen MR) is 84.7 cm³/mol. The molecule has 7 nitrogen and oxygen atoms in total. The van der Waals surface area contributed by atoms with Gasteiger partial charge < -0.3 is 19.7 Å². The Bertz CT molecular complexity index is 609. The number of ether oxygens (including phenoxy) is 1. The maximum atomic E-state index is 10.6. The molecule has 0 unspecified atom stereocenters. The number of nitrogens with one attached hydrogen (secondary N) is 1. The van der Waals surface area contributed by atoms with Crippen molar-refractivity contribution in [2.24, 2.45) is 0 Å². The molecule has 0 amide bonds. The van der Waals surface area contributed by atoms with Crippen molar-refractivity contribution in [3.05, 3.63) is 36.2 Å². The highest BCUT2D eigenvalue weighted by Crippen LogP contribution is 2.16. The van der Waals surface area contributed by atoms with Crippen LogP contribution in [0.5, 0.6) is 0 Å². The van der Waals surface area contributed by atoms with Crippen molar-refractivity contribution in [3.8, 4) is 11.4 Å². The molecule has 3 rings (SSSR count). The van der Waals surface area contributed by atoms with Gasteiger partial charge in [0.2, 0.25) is 11.7 Å². The minimum Gasteiger partial charge on any atom is -0.385 e. The summed E-state index contributed by atoms with van der Waals surface area (Å²) in [5, 5.41) is 17.8. The summed E-state index contributed by atoms with van der Waals surface area (Å²) in [6.45, 7) is 3.15. The first-order valence-corrected chi connectivity index (χ1v) is 7.72. The quantitative estimate of drug-likeness (QED) is 0.831. The Labute approximate surface area is 135 Å². The topological polar surface area (TPSA) is 83.7 Å². The number of rotatable bonds is 5.